The maximum absolute atomic E-state index is 13.6. The zero-order valence-electron chi connectivity index (χ0n) is 10.5. The van der Waals surface area contributed by atoms with Gasteiger partial charge >= 0.3 is 0 Å². The summed E-state index contributed by atoms with van der Waals surface area (Å²) in [7, 11) is -2.56. The molecule has 1 N–H and O–H groups in total. The molecule has 1 unspecified atom stereocenters. The molecule has 114 valence electrons. The second kappa shape index (κ2) is 7.77. The molecule has 1 rings (SSSR count). The van der Waals surface area contributed by atoms with E-state index in [0.717, 1.165) is 12.1 Å². The summed E-state index contributed by atoms with van der Waals surface area (Å²) < 4.78 is 45.2. The van der Waals surface area contributed by atoms with Gasteiger partial charge in [0.1, 0.15) is 4.90 Å². The summed E-state index contributed by atoms with van der Waals surface area (Å²) in [5.41, 5.74) is 0. The predicted molar refractivity (Wildman–Crippen MR) is 77.7 cm³/mol. The Bertz CT molecular complexity index is 562. The Morgan fingerprint density at radius 1 is 1.40 bits per heavy atom. The minimum atomic E-state index is -3.99. The van der Waals surface area contributed by atoms with Gasteiger partial charge in [-0.3, -0.25) is 0 Å². The highest BCUT2D eigenvalue weighted by atomic mass is 35.5. The fraction of sp³-hybridized carbons (Fsp3) is 0.455. The van der Waals surface area contributed by atoms with E-state index in [1.165, 1.54) is 7.11 Å². The van der Waals surface area contributed by atoms with Gasteiger partial charge < -0.3 is 4.74 Å². The molecule has 0 saturated heterocycles. The highest BCUT2D eigenvalue weighted by Gasteiger charge is 2.24. The molecule has 0 spiro atoms. The van der Waals surface area contributed by atoms with E-state index in [4.69, 9.17) is 39.5 Å². The Morgan fingerprint density at radius 3 is 2.60 bits per heavy atom. The molecule has 0 bridgehead atoms. The minimum absolute atomic E-state index is 0.139. The van der Waals surface area contributed by atoms with Gasteiger partial charge in [-0.1, -0.05) is 23.2 Å². The lowest BCUT2D eigenvalue weighted by Gasteiger charge is -2.17. The van der Waals surface area contributed by atoms with Crippen LogP contribution in [-0.4, -0.2) is 34.1 Å². The van der Waals surface area contributed by atoms with Crippen molar-refractivity contribution in [2.45, 2.75) is 17.4 Å². The smallest absolute Gasteiger partial charge is 0.242 e. The molecule has 9 heteroatoms. The molecule has 0 aliphatic rings. The van der Waals surface area contributed by atoms with Crippen molar-refractivity contribution in [1.82, 2.24) is 4.72 Å². The van der Waals surface area contributed by atoms with Gasteiger partial charge in [-0.25, -0.2) is 17.5 Å². The molecule has 0 aliphatic carbocycles. The topological polar surface area (TPSA) is 55.4 Å². The van der Waals surface area contributed by atoms with Crippen molar-refractivity contribution in [2.24, 2.45) is 0 Å². The van der Waals surface area contributed by atoms with Crippen LogP contribution >= 0.6 is 34.8 Å². The van der Waals surface area contributed by atoms with Crippen LogP contribution in [0.3, 0.4) is 0 Å². The molecular formula is C11H13Cl3FNO3S. The SMILES string of the molecule is COCC(CCCl)NS(=O)(=O)c1ccc(Cl)c(F)c1Cl. The average Bonchev–Trinajstić information content (AvgIpc) is 2.36. The lowest BCUT2D eigenvalue weighted by atomic mass is 10.3. The normalized spacial score (nSPS) is 13.4. The third kappa shape index (κ3) is 4.44. The highest BCUT2D eigenvalue weighted by molar-refractivity contribution is 7.89. The Balaban J connectivity index is 3.07. The van der Waals surface area contributed by atoms with Gasteiger partial charge in [0.25, 0.3) is 0 Å². The van der Waals surface area contributed by atoms with Crippen LogP contribution in [0.15, 0.2) is 17.0 Å². The molecule has 0 aromatic heterocycles. The monoisotopic (exact) mass is 363 g/mol. The first-order valence-electron chi connectivity index (χ1n) is 5.54. The Hall–Kier alpha value is -0.110. The van der Waals surface area contributed by atoms with E-state index in [1.54, 1.807) is 0 Å². The zero-order chi connectivity index (χ0) is 15.3. The summed E-state index contributed by atoms with van der Waals surface area (Å²) in [6.07, 6.45) is 0.363. The lowest BCUT2D eigenvalue weighted by molar-refractivity contribution is 0.173. The number of hydrogen-bond acceptors (Lipinski definition) is 3. The van der Waals surface area contributed by atoms with E-state index in [1.807, 2.05) is 0 Å². The van der Waals surface area contributed by atoms with Crippen molar-refractivity contribution < 1.29 is 17.5 Å². The van der Waals surface area contributed by atoms with Crippen LogP contribution in [-0.2, 0) is 14.8 Å². The summed E-state index contributed by atoms with van der Waals surface area (Å²) in [6, 6.07) is 1.74. The van der Waals surface area contributed by atoms with Crippen LogP contribution in [0.4, 0.5) is 4.39 Å². The fourth-order valence-corrected chi connectivity index (χ4v) is 3.77. The van der Waals surface area contributed by atoms with E-state index < -0.39 is 26.9 Å². The van der Waals surface area contributed by atoms with E-state index in [0.29, 0.717) is 6.42 Å². The van der Waals surface area contributed by atoms with Gasteiger partial charge in [0.05, 0.1) is 16.7 Å². The van der Waals surface area contributed by atoms with Gasteiger partial charge in [-0.2, -0.15) is 0 Å². The molecule has 1 atom stereocenters. The lowest BCUT2D eigenvalue weighted by Crippen LogP contribution is -2.38. The number of hydrogen-bond donors (Lipinski definition) is 1. The van der Waals surface area contributed by atoms with Crippen molar-refractivity contribution in [2.75, 3.05) is 19.6 Å². The van der Waals surface area contributed by atoms with Crippen molar-refractivity contribution in [3.63, 3.8) is 0 Å². The number of benzene rings is 1. The first kappa shape index (κ1) is 17.9. The fourth-order valence-electron chi connectivity index (χ4n) is 1.51. The first-order valence-corrected chi connectivity index (χ1v) is 8.31. The van der Waals surface area contributed by atoms with Gasteiger partial charge in [-0.05, 0) is 18.6 Å². The van der Waals surface area contributed by atoms with Gasteiger partial charge in [-0.15, -0.1) is 11.6 Å². The zero-order valence-corrected chi connectivity index (χ0v) is 13.6. The number of sulfonamides is 1. The second-order valence-electron chi connectivity index (χ2n) is 3.92. The standard InChI is InChI=1S/C11H13Cl3FNO3S/c1-19-6-7(4-5-12)16-20(17,18)9-3-2-8(13)11(15)10(9)14/h2-3,7,16H,4-6H2,1H3. The Morgan fingerprint density at radius 2 is 2.05 bits per heavy atom. The first-order chi connectivity index (χ1) is 9.33. The van der Waals surface area contributed by atoms with Crippen molar-refractivity contribution in [1.29, 1.82) is 0 Å². The predicted octanol–water partition coefficient (Wildman–Crippen LogP) is 3.05. The van der Waals surface area contributed by atoms with Crippen LogP contribution < -0.4 is 4.72 Å². The third-order valence-electron chi connectivity index (χ3n) is 2.44. The van der Waals surface area contributed by atoms with Gasteiger partial charge in [0.15, 0.2) is 5.82 Å². The molecule has 1 aromatic carbocycles. The molecule has 0 aliphatic heterocycles. The third-order valence-corrected chi connectivity index (χ3v) is 4.99. The van der Waals surface area contributed by atoms with E-state index in [2.05, 4.69) is 4.72 Å². The van der Waals surface area contributed by atoms with E-state index >= 15 is 0 Å². The van der Waals surface area contributed by atoms with Gasteiger partial charge in [0, 0.05) is 19.0 Å². The van der Waals surface area contributed by atoms with Crippen LogP contribution in [0.5, 0.6) is 0 Å². The minimum Gasteiger partial charge on any atom is -0.383 e. The van der Waals surface area contributed by atoms with Crippen LogP contribution in [0.25, 0.3) is 0 Å². The van der Waals surface area contributed by atoms with Crippen LogP contribution in [0, 0.1) is 5.82 Å². The number of ether oxygens (including phenoxy) is 1. The number of methoxy groups -OCH3 is 1. The molecule has 4 nitrogen and oxygen atoms in total. The van der Waals surface area contributed by atoms with E-state index in [-0.39, 0.29) is 22.4 Å². The largest absolute Gasteiger partial charge is 0.383 e. The van der Waals surface area contributed by atoms with Crippen molar-refractivity contribution >= 4 is 44.8 Å². The Kier molecular flexibility index (Phi) is 6.97. The molecule has 0 heterocycles. The number of alkyl halides is 1. The molecule has 0 amide bonds. The quantitative estimate of drug-likeness (QED) is 0.597. The molecule has 0 radical (unpaired) electrons. The highest BCUT2D eigenvalue weighted by Crippen LogP contribution is 2.29. The molecule has 0 saturated carbocycles. The van der Waals surface area contributed by atoms with Crippen molar-refractivity contribution in [3.8, 4) is 0 Å². The number of nitrogens with one attached hydrogen (secondary N) is 1. The number of halogens is 4. The molecule has 0 fully saturated rings. The summed E-state index contributed by atoms with van der Waals surface area (Å²) in [6.45, 7) is 0.139. The van der Waals surface area contributed by atoms with Crippen molar-refractivity contribution in [3.05, 3.63) is 28.0 Å². The molecule has 1 aromatic rings. The summed E-state index contributed by atoms with van der Waals surface area (Å²) in [5, 5.41) is -0.796. The maximum Gasteiger partial charge on any atom is 0.242 e. The summed E-state index contributed by atoms with van der Waals surface area (Å²) >= 11 is 16.8. The molecule has 20 heavy (non-hydrogen) atoms. The van der Waals surface area contributed by atoms with Crippen LogP contribution in [0.1, 0.15) is 6.42 Å². The average molecular weight is 365 g/mol. The summed E-state index contributed by atoms with van der Waals surface area (Å²) in [4.78, 5) is -0.378. The number of rotatable bonds is 7. The van der Waals surface area contributed by atoms with Gasteiger partial charge in [0.2, 0.25) is 10.0 Å². The second-order valence-corrected chi connectivity index (χ2v) is 6.77. The maximum atomic E-state index is 13.6. The van der Waals surface area contributed by atoms with E-state index in [9.17, 15) is 12.8 Å². The van der Waals surface area contributed by atoms with Crippen LogP contribution in [0.2, 0.25) is 10.0 Å². The Labute approximate surface area is 132 Å². The molecular weight excluding hydrogens is 352 g/mol. The summed E-state index contributed by atoms with van der Waals surface area (Å²) in [5.74, 6) is -0.726.